The molecule has 0 fully saturated rings. The van der Waals surface area contributed by atoms with Crippen molar-refractivity contribution in [3.63, 3.8) is 0 Å². The van der Waals surface area contributed by atoms with Crippen molar-refractivity contribution >= 4 is 44.2 Å². The van der Waals surface area contributed by atoms with E-state index in [1.807, 2.05) is 0 Å². The molecule has 25 heavy (non-hydrogen) atoms. The van der Waals surface area contributed by atoms with Gasteiger partial charge >= 0.3 is 6.18 Å². The van der Waals surface area contributed by atoms with Gasteiger partial charge in [0.25, 0.3) is 5.91 Å². The van der Waals surface area contributed by atoms with Gasteiger partial charge in [-0.1, -0.05) is 22.9 Å². The first kappa shape index (κ1) is 17.5. The molecule has 130 valence electrons. The Labute approximate surface area is 148 Å². The summed E-state index contributed by atoms with van der Waals surface area (Å²) in [4.78, 5) is 16.1. The SMILES string of the molecule is Cc1cc(C(F)(F)F)c2nc(NC(=O)c3cc(Cl)ccc3O)sc2c1. The maximum Gasteiger partial charge on any atom is 0.418 e. The van der Waals surface area contributed by atoms with Crippen molar-refractivity contribution in [2.24, 2.45) is 0 Å². The molecule has 3 aromatic rings. The molecule has 1 heterocycles. The van der Waals surface area contributed by atoms with E-state index < -0.39 is 17.6 Å². The zero-order chi connectivity index (χ0) is 18.4. The summed E-state index contributed by atoms with van der Waals surface area (Å²) < 4.78 is 39.8. The van der Waals surface area contributed by atoms with Crippen LogP contribution in [0, 0.1) is 6.92 Å². The fraction of sp³-hybridized carbons (Fsp3) is 0.125. The predicted molar refractivity (Wildman–Crippen MR) is 90.4 cm³/mol. The lowest BCUT2D eigenvalue weighted by Gasteiger charge is -2.08. The fourth-order valence-electron chi connectivity index (χ4n) is 2.29. The van der Waals surface area contributed by atoms with Gasteiger partial charge in [-0.3, -0.25) is 10.1 Å². The van der Waals surface area contributed by atoms with Crippen LogP contribution in [-0.2, 0) is 6.18 Å². The highest BCUT2D eigenvalue weighted by molar-refractivity contribution is 7.22. The smallest absolute Gasteiger partial charge is 0.418 e. The average molecular weight is 387 g/mol. The lowest BCUT2D eigenvalue weighted by molar-refractivity contribution is -0.136. The van der Waals surface area contributed by atoms with Crippen LogP contribution in [0.3, 0.4) is 0 Å². The number of nitrogens with zero attached hydrogens (tertiary/aromatic N) is 1. The van der Waals surface area contributed by atoms with E-state index in [9.17, 15) is 23.1 Å². The summed E-state index contributed by atoms with van der Waals surface area (Å²) in [5, 5.41) is 12.4. The topological polar surface area (TPSA) is 62.2 Å². The molecule has 9 heteroatoms. The normalized spacial score (nSPS) is 11.7. The Kier molecular flexibility index (Phi) is 4.34. The number of aryl methyl sites for hydroxylation is 1. The molecule has 1 amide bonds. The van der Waals surface area contributed by atoms with E-state index in [1.54, 1.807) is 13.0 Å². The number of fused-ring (bicyclic) bond motifs is 1. The molecule has 0 aliphatic heterocycles. The molecule has 2 N–H and O–H groups in total. The number of carbonyl (C=O) groups is 1. The molecular weight excluding hydrogens is 377 g/mol. The number of carbonyl (C=O) groups excluding carboxylic acids is 1. The van der Waals surface area contributed by atoms with Crippen LogP contribution < -0.4 is 5.32 Å². The third-order valence-electron chi connectivity index (χ3n) is 3.37. The van der Waals surface area contributed by atoms with Crippen LogP contribution >= 0.6 is 22.9 Å². The summed E-state index contributed by atoms with van der Waals surface area (Å²) >= 11 is 6.70. The fourth-order valence-corrected chi connectivity index (χ4v) is 3.45. The molecule has 4 nitrogen and oxygen atoms in total. The molecule has 3 rings (SSSR count). The molecule has 0 bridgehead atoms. The summed E-state index contributed by atoms with van der Waals surface area (Å²) in [5.41, 5.74) is -0.744. The minimum atomic E-state index is -4.55. The first-order valence-corrected chi connectivity index (χ1v) is 8.13. The van der Waals surface area contributed by atoms with Crippen LogP contribution in [0.2, 0.25) is 5.02 Å². The molecule has 0 atom stereocenters. The van der Waals surface area contributed by atoms with Crippen LogP contribution in [0.5, 0.6) is 5.75 Å². The number of nitrogens with one attached hydrogen (secondary N) is 1. The van der Waals surface area contributed by atoms with E-state index in [-0.39, 0.29) is 27.0 Å². The number of phenols is 1. The van der Waals surface area contributed by atoms with E-state index in [0.29, 0.717) is 10.3 Å². The molecule has 1 aromatic heterocycles. The van der Waals surface area contributed by atoms with Crippen molar-refractivity contribution in [3.05, 3.63) is 52.0 Å². The maximum atomic E-state index is 13.2. The van der Waals surface area contributed by atoms with E-state index in [0.717, 1.165) is 17.4 Å². The lowest BCUT2D eigenvalue weighted by Crippen LogP contribution is -2.12. The molecule has 0 radical (unpaired) electrons. The van der Waals surface area contributed by atoms with Gasteiger partial charge < -0.3 is 5.11 Å². The van der Waals surface area contributed by atoms with E-state index in [2.05, 4.69) is 10.3 Å². The number of hydrogen-bond acceptors (Lipinski definition) is 4. The minimum absolute atomic E-state index is 0.00419. The minimum Gasteiger partial charge on any atom is -0.507 e. The van der Waals surface area contributed by atoms with Gasteiger partial charge in [0.1, 0.15) is 5.75 Å². The maximum absolute atomic E-state index is 13.2. The Hall–Kier alpha value is -2.32. The zero-order valence-corrected chi connectivity index (χ0v) is 14.2. The van der Waals surface area contributed by atoms with E-state index in [4.69, 9.17) is 11.6 Å². The average Bonchev–Trinajstić information content (AvgIpc) is 2.89. The summed E-state index contributed by atoms with van der Waals surface area (Å²) in [6.45, 7) is 1.55. The van der Waals surface area contributed by atoms with Gasteiger partial charge in [0, 0.05) is 5.02 Å². The quantitative estimate of drug-likeness (QED) is 0.633. The second kappa shape index (κ2) is 6.20. The summed E-state index contributed by atoms with van der Waals surface area (Å²) in [7, 11) is 0. The number of rotatable bonds is 2. The number of benzene rings is 2. The molecule has 0 unspecified atom stereocenters. The highest BCUT2D eigenvalue weighted by atomic mass is 35.5. The number of alkyl halides is 3. The van der Waals surface area contributed by atoms with Crippen molar-refractivity contribution in [1.82, 2.24) is 4.98 Å². The molecule has 0 aliphatic carbocycles. The highest BCUT2D eigenvalue weighted by Gasteiger charge is 2.34. The number of halogens is 4. The standard InChI is InChI=1S/C16H10ClF3N2O2S/c1-7-4-10(16(18,19)20)13-12(5-7)25-15(21-13)22-14(24)9-6-8(17)2-3-11(9)23/h2-6,23H,1H3,(H,21,22,24). The number of aromatic nitrogens is 1. The van der Waals surface area contributed by atoms with Crippen molar-refractivity contribution in [1.29, 1.82) is 0 Å². The lowest BCUT2D eigenvalue weighted by atomic mass is 10.1. The Morgan fingerprint density at radius 1 is 1.28 bits per heavy atom. The van der Waals surface area contributed by atoms with Gasteiger partial charge in [0.05, 0.1) is 21.3 Å². The number of aromatic hydroxyl groups is 1. The Morgan fingerprint density at radius 2 is 2.00 bits per heavy atom. The zero-order valence-electron chi connectivity index (χ0n) is 12.6. The third kappa shape index (κ3) is 3.54. The van der Waals surface area contributed by atoms with Crippen LogP contribution in [0.4, 0.5) is 18.3 Å². The molecule has 0 saturated carbocycles. The van der Waals surface area contributed by atoms with Gasteiger partial charge in [-0.15, -0.1) is 0 Å². The largest absolute Gasteiger partial charge is 0.507 e. The highest BCUT2D eigenvalue weighted by Crippen LogP contribution is 2.38. The molecule has 0 saturated heterocycles. The van der Waals surface area contributed by atoms with Crippen LogP contribution in [0.15, 0.2) is 30.3 Å². The van der Waals surface area contributed by atoms with Gasteiger partial charge in [-0.05, 0) is 42.8 Å². The van der Waals surface area contributed by atoms with Crippen molar-refractivity contribution < 1.29 is 23.1 Å². The molecular formula is C16H10ClF3N2O2S. The molecule has 0 spiro atoms. The van der Waals surface area contributed by atoms with Gasteiger partial charge in [0.2, 0.25) is 0 Å². The van der Waals surface area contributed by atoms with Gasteiger partial charge in [-0.25, -0.2) is 4.98 Å². The van der Waals surface area contributed by atoms with E-state index in [1.165, 1.54) is 18.2 Å². The number of thiazole rings is 1. The molecule has 0 aliphatic rings. The van der Waals surface area contributed by atoms with E-state index >= 15 is 0 Å². The summed E-state index contributed by atoms with van der Waals surface area (Å²) in [6.07, 6.45) is -4.55. The first-order chi connectivity index (χ1) is 11.6. The number of amides is 1. The second-order valence-corrected chi connectivity index (χ2v) is 6.76. The third-order valence-corrected chi connectivity index (χ3v) is 4.52. The summed E-state index contributed by atoms with van der Waals surface area (Å²) in [5.74, 6) is -1.01. The second-order valence-electron chi connectivity index (χ2n) is 5.29. The van der Waals surface area contributed by atoms with Crippen molar-refractivity contribution in [2.75, 3.05) is 5.32 Å². The molecule has 2 aromatic carbocycles. The van der Waals surface area contributed by atoms with Crippen LogP contribution in [0.25, 0.3) is 10.2 Å². The Balaban J connectivity index is 2.00. The summed E-state index contributed by atoms with van der Waals surface area (Å²) in [6, 6.07) is 6.49. The van der Waals surface area contributed by atoms with Gasteiger partial charge in [-0.2, -0.15) is 13.2 Å². The Bertz CT molecular complexity index is 985. The first-order valence-electron chi connectivity index (χ1n) is 6.93. The number of hydrogen-bond donors (Lipinski definition) is 2. The van der Waals surface area contributed by atoms with Crippen molar-refractivity contribution in [3.8, 4) is 5.75 Å². The Morgan fingerprint density at radius 3 is 2.68 bits per heavy atom. The number of anilines is 1. The number of phenolic OH excluding ortho intramolecular Hbond substituents is 1. The van der Waals surface area contributed by atoms with Crippen molar-refractivity contribution in [2.45, 2.75) is 13.1 Å². The van der Waals surface area contributed by atoms with Crippen LogP contribution in [0.1, 0.15) is 21.5 Å². The van der Waals surface area contributed by atoms with Crippen LogP contribution in [-0.4, -0.2) is 16.0 Å². The van der Waals surface area contributed by atoms with Gasteiger partial charge in [0.15, 0.2) is 5.13 Å². The monoisotopic (exact) mass is 386 g/mol. The predicted octanol–water partition coefficient (Wildman–Crippen LogP) is 5.23.